The summed E-state index contributed by atoms with van der Waals surface area (Å²) in [7, 11) is 0. The highest BCUT2D eigenvalue weighted by molar-refractivity contribution is 9.10. The molecule has 1 aliphatic heterocycles. The lowest BCUT2D eigenvalue weighted by Crippen LogP contribution is -2.53. The van der Waals surface area contributed by atoms with Crippen molar-refractivity contribution in [1.29, 1.82) is 0 Å². The molecule has 1 fully saturated rings. The molecule has 2 amide bonds. The van der Waals surface area contributed by atoms with Crippen molar-refractivity contribution < 1.29 is 9.59 Å². The lowest BCUT2D eigenvalue weighted by atomic mass is 10.1. The molecular weight excluding hydrogens is 284 g/mol. The van der Waals surface area contributed by atoms with Gasteiger partial charge in [-0.1, -0.05) is 34.1 Å². The number of carbonyl (C=O) groups excluding carboxylic acids is 2. The number of benzene rings is 1. The van der Waals surface area contributed by atoms with Gasteiger partial charge in [-0.3, -0.25) is 9.59 Å². The zero-order valence-corrected chi connectivity index (χ0v) is 10.7. The second-order valence-electron chi connectivity index (χ2n) is 3.76. The summed E-state index contributed by atoms with van der Waals surface area (Å²) in [5.74, 6) is -0.476. The van der Waals surface area contributed by atoms with E-state index in [1.807, 2.05) is 24.3 Å². The van der Waals surface area contributed by atoms with Crippen LogP contribution in [0.2, 0.25) is 0 Å². The average molecular weight is 295 g/mol. The molecule has 1 aromatic rings. The van der Waals surface area contributed by atoms with Crippen LogP contribution in [-0.4, -0.2) is 17.9 Å². The number of hydrogen-bond acceptors (Lipinski definition) is 2. The Hall–Kier alpha value is -1.62. The van der Waals surface area contributed by atoms with Crippen LogP contribution in [0.25, 0.3) is 6.08 Å². The van der Waals surface area contributed by atoms with Gasteiger partial charge in [0.1, 0.15) is 11.7 Å². The van der Waals surface area contributed by atoms with Gasteiger partial charge in [0.2, 0.25) is 5.91 Å². The van der Waals surface area contributed by atoms with Crippen LogP contribution in [0.5, 0.6) is 0 Å². The number of piperazine rings is 1. The first-order chi connectivity index (χ1) is 8.08. The van der Waals surface area contributed by atoms with Crippen molar-refractivity contribution in [3.63, 3.8) is 0 Å². The van der Waals surface area contributed by atoms with Crippen molar-refractivity contribution in [3.8, 4) is 0 Å². The first-order valence-corrected chi connectivity index (χ1v) is 5.95. The molecule has 0 saturated carbocycles. The second-order valence-corrected chi connectivity index (χ2v) is 4.62. The topological polar surface area (TPSA) is 58.2 Å². The van der Waals surface area contributed by atoms with Crippen LogP contribution >= 0.6 is 15.9 Å². The van der Waals surface area contributed by atoms with Gasteiger partial charge in [-0.15, -0.1) is 0 Å². The summed E-state index contributed by atoms with van der Waals surface area (Å²) in [6, 6.07) is 6.99. The first kappa shape index (κ1) is 11.9. The lowest BCUT2D eigenvalue weighted by molar-refractivity contribution is -0.130. The Morgan fingerprint density at radius 2 is 2.00 bits per heavy atom. The Morgan fingerprint density at radius 3 is 2.71 bits per heavy atom. The number of amides is 2. The smallest absolute Gasteiger partial charge is 0.268 e. The van der Waals surface area contributed by atoms with Crippen molar-refractivity contribution in [1.82, 2.24) is 10.6 Å². The molecule has 1 aliphatic rings. The molecule has 0 aromatic heterocycles. The summed E-state index contributed by atoms with van der Waals surface area (Å²) < 4.78 is 0.869. The monoisotopic (exact) mass is 294 g/mol. The summed E-state index contributed by atoms with van der Waals surface area (Å²) in [6.45, 7) is 1.64. The molecule has 5 heteroatoms. The number of rotatable bonds is 1. The molecule has 1 atom stereocenters. The molecular formula is C12H11BrN2O2. The molecule has 1 saturated heterocycles. The van der Waals surface area contributed by atoms with Crippen LogP contribution in [0.4, 0.5) is 0 Å². The predicted molar refractivity (Wildman–Crippen MR) is 67.9 cm³/mol. The van der Waals surface area contributed by atoms with E-state index < -0.39 is 6.04 Å². The van der Waals surface area contributed by atoms with Gasteiger partial charge in [0, 0.05) is 4.47 Å². The van der Waals surface area contributed by atoms with Crippen molar-refractivity contribution in [2.45, 2.75) is 13.0 Å². The zero-order chi connectivity index (χ0) is 12.4. The Kier molecular flexibility index (Phi) is 3.28. The number of halogens is 1. The highest BCUT2D eigenvalue weighted by Gasteiger charge is 2.25. The Bertz CT molecular complexity index is 511. The third-order valence-corrected chi connectivity index (χ3v) is 3.17. The number of hydrogen-bond donors (Lipinski definition) is 2. The molecule has 0 unspecified atom stereocenters. The van der Waals surface area contributed by atoms with E-state index in [4.69, 9.17) is 0 Å². The highest BCUT2D eigenvalue weighted by atomic mass is 79.9. The molecule has 4 nitrogen and oxygen atoms in total. The van der Waals surface area contributed by atoms with Crippen LogP contribution < -0.4 is 10.6 Å². The molecule has 2 N–H and O–H groups in total. The van der Waals surface area contributed by atoms with E-state index in [0.717, 1.165) is 10.0 Å². The third kappa shape index (κ3) is 2.55. The van der Waals surface area contributed by atoms with Gasteiger partial charge < -0.3 is 10.6 Å². The van der Waals surface area contributed by atoms with Crippen LogP contribution in [-0.2, 0) is 9.59 Å². The van der Waals surface area contributed by atoms with Crippen LogP contribution in [0.3, 0.4) is 0 Å². The van der Waals surface area contributed by atoms with E-state index >= 15 is 0 Å². The largest absolute Gasteiger partial charge is 0.339 e. The first-order valence-electron chi connectivity index (χ1n) is 5.16. The number of nitrogens with one attached hydrogen (secondary N) is 2. The molecule has 88 valence electrons. The number of carbonyl (C=O) groups is 2. The fourth-order valence-electron chi connectivity index (χ4n) is 1.49. The van der Waals surface area contributed by atoms with Gasteiger partial charge in [0.05, 0.1) is 0 Å². The average Bonchev–Trinajstić information content (AvgIpc) is 2.29. The summed E-state index contributed by atoms with van der Waals surface area (Å²) in [5, 5.41) is 5.17. The maximum absolute atomic E-state index is 11.7. The van der Waals surface area contributed by atoms with Crippen molar-refractivity contribution in [2.24, 2.45) is 0 Å². The molecule has 1 heterocycles. The fourth-order valence-corrected chi connectivity index (χ4v) is 1.89. The van der Waals surface area contributed by atoms with E-state index in [-0.39, 0.29) is 17.5 Å². The van der Waals surface area contributed by atoms with E-state index in [9.17, 15) is 9.59 Å². The SMILES string of the molecule is C[C@@H]1NC(=O)/C(=C\c2ccccc2Br)NC1=O. The van der Waals surface area contributed by atoms with Gasteiger partial charge >= 0.3 is 0 Å². The van der Waals surface area contributed by atoms with E-state index in [0.29, 0.717) is 0 Å². The van der Waals surface area contributed by atoms with Gasteiger partial charge in [-0.25, -0.2) is 0 Å². The van der Waals surface area contributed by atoms with Gasteiger partial charge in [-0.05, 0) is 24.6 Å². The highest BCUT2D eigenvalue weighted by Crippen LogP contribution is 2.19. The van der Waals surface area contributed by atoms with E-state index in [2.05, 4.69) is 26.6 Å². The summed E-state index contributed by atoms with van der Waals surface area (Å²) in [4.78, 5) is 23.1. The fraction of sp³-hybridized carbons (Fsp3) is 0.167. The Morgan fingerprint density at radius 1 is 1.29 bits per heavy atom. The van der Waals surface area contributed by atoms with Crippen LogP contribution in [0.15, 0.2) is 34.4 Å². The molecule has 0 aliphatic carbocycles. The van der Waals surface area contributed by atoms with Crippen molar-refractivity contribution in [3.05, 3.63) is 40.0 Å². The minimum atomic E-state index is -0.487. The summed E-state index contributed by atoms with van der Waals surface area (Å²) in [6.07, 6.45) is 1.64. The van der Waals surface area contributed by atoms with Crippen LogP contribution in [0.1, 0.15) is 12.5 Å². The van der Waals surface area contributed by atoms with Gasteiger partial charge in [0.15, 0.2) is 0 Å². The Labute approximate surface area is 107 Å². The summed E-state index contributed by atoms with van der Waals surface area (Å²) >= 11 is 3.38. The molecule has 1 aromatic carbocycles. The summed E-state index contributed by atoms with van der Waals surface area (Å²) in [5.41, 5.74) is 1.10. The Balaban J connectivity index is 2.31. The van der Waals surface area contributed by atoms with Crippen LogP contribution in [0, 0.1) is 0 Å². The van der Waals surface area contributed by atoms with E-state index in [1.165, 1.54) is 0 Å². The molecule has 17 heavy (non-hydrogen) atoms. The zero-order valence-electron chi connectivity index (χ0n) is 9.16. The maximum atomic E-state index is 11.7. The minimum absolute atomic E-state index is 0.206. The normalized spacial score (nSPS) is 22.2. The molecule has 0 spiro atoms. The van der Waals surface area contributed by atoms with E-state index in [1.54, 1.807) is 13.0 Å². The molecule has 0 radical (unpaired) electrons. The molecule has 2 rings (SSSR count). The quantitative estimate of drug-likeness (QED) is 0.770. The van der Waals surface area contributed by atoms with Crippen molar-refractivity contribution >= 4 is 33.8 Å². The van der Waals surface area contributed by atoms with Gasteiger partial charge in [-0.2, -0.15) is 0 Å². The second kappa shape index (κ2) is 4.71. The minimum Gasteiger partial charge on any atom is -0.339 e. The standard InChI is InChI=1S/C12H11BrN2O2/c1-7-11(16)15-10(12(17)14-7)6-8-4-2-3-5-9(8)13/h2-7H,1H3,(H,14,17)(H,15,16)/b10-6+/t7-/m0/s1. The van der Waals surface area contributed by atoms with Crippen molar-refractivity contribution in [2.75, 3.05) is 0 Å². The maximum Gasteiger partial charge on any atom is 0.268 e. The lowest BCUT2D eigenvalue weighted by Gasteiger charge is -2.22. The predicted octanol–water partition coefficient (Wildman–Crippen LogP) is 1.42. The molecule has 0 bridgehead atoms. The van der Waals surface area contributed by atoms with Gasteiger partial charge in [0.25, 0.3) is 5.91 Å². The third-order valence-electron chi connectivity index (χ3n) is 2.45.